The molecule has 2 heterocycles. The van der Waals surface area contributed by atoms with Crippen molar-refractivity contribution in [3.8, 4) is 0 Å². The summed E-state index contributed by atoms with van der Waals surface area (Å²) in [5.41, 5.74) is 2.38. The van der Waals surface area contributed by atoms with Crippen LogP contribution >= 0.6 is 0 Å². The standard InChI is InChI=1S/C16H21N5O2/c1-2-5-13(16-18-20-21-19-16)17-15(22)10-14-12-7-4-3-6-11(12)8-9-23-14/h3-4,6-7,13-14H,2,5,8-10H2,1H3,(H,17,22)(H,18,19,20,21)/t13-,14-/m1/s1. The van der Waals surface area contributed by atoms with Crippen LogP contribution in [0.3, 0.4) is 0 Å². The number of benzene rings is 1. The van der Waals surface area contributed by atoms with Crippen LogP contribution in [0.1, 0.15) is 55.3 Å². The van der Waals surface area contributed by atoms with Gasteiger partial charge in [-0.15, -0.1) is 10.2 Å². The molecule has 23 heavy (non-hydrogen) atoms. The Morgan fingerprint density at radius 2 is 2.35 bits per heavy atom. The maximum atomic E-state index is 12.4. The molecule has 7 heteroatoms. The monoisotopic (exact) mass is 315 g/mol. The van der Waals surface area contributed by atoms with Gasteiger partial charge < -0.3 is 10.1 Å². The normalized spacial score (nSPS) is 18.2. The lowest BCUT2D eigenvalue weighted by Gasteiger charge is -2.26. The molecule has 0 spiro atoms. The van der Waals surface area contributed by atoms with Gasteiger partial charge in [-0.25, -0.2) is 0 Å². The molecule has 3 rings (SSSR count). The third-order valence-corrected chi connectivity index (χ3v) is 4.05. The maximum absolute atomic E-state index is 12.4. The Bertz CT molecular complexity index is 644. The molecule has 2 aromatic rings. The fourth-order valence-corrected chi connectivity index (χ4v) is 2.94. The van der Waals surface area contributed by atoms with Crippen LogP contribution in [0.25, 0.3) is 0 Å². The number of nitrogens with one attached hydrogen (secondary N) is 2. The van der Waals surface area contributed by atoms with Gasteiger partial charge in [0, 0.05) is 0 Å². The van der Waals surface area contributed by atoms with Crippen LogP contribution < -0.4 is 5.32 Å². The molecule has 0 unspecified atom stereocenters. The molecule has 122 valence electrons. The van der Waals surface area contributed by atoms with E-state index in [0.717, 1.165) is 24.8 Å². The molecule has 1 aliphatic rings. The third kappa shape index (κ3) is 3.73. The highest BCUT2D eigenvalue weighted by atomic mass is 16.5. The summed E-state index contributed by atoms with van der Waals surface area (Å²) in [6, 6.07) is 7.92. The summed E-state index contributed by atoms with van der Waals surface area (Å²) in [6.45, 7) is 2.71. The van der Waals surface area contributed by atoms with Gasteiger partial charge in [-0.2, -0.15) is 5.21 Å². The SMILES string of the molecule is CCC[C@@H](NC(=O)C[C@H]1OCCc2ccccc21)c1nn[nH]n1. The highest BCUT2D eigenvalue weighted by Gasteiger charge is 2.25. The van der Waals surface area contributed by atoms with Gasteiger partial charge in [-0.3, -0.25) is 4.79 Å². The molecule has 1 amide bonds. The number of hydrogen-bond donors (Lipinski definition) is 2. The van der Waals surface area contributed by atoms with Gasteiger partial charge in [-0.1, -0.05) is 42.8 Å². The van der Waals surface area contributed by atoms with Crippen molar-refractivity contribution in [2.45, 2.75) is 44.8 Å². The van der Waals surface area contributed by atoms with Gasteiger partial charge in [-0.05, 0) is 24.0 Å². The van der Waals surface area contributed by atoms with Crippen LogP contribution in [0.4, 0.5) is 0 Å². The van der Waals surface area contributed by atoms with E-state index in [1.165, 1.54) is 5.56 Å². The van der Waals surface area contributed by atoms with E-state index < -0.39 is 0 Å². The number of aromatic amines is 1. The van der Waals surface area contributed by atoms with Crippen LogP contribution in [0.2, 0.25) is 0 Å². The number of aromatic nitrogens is 4. The van der Waals surface area contributed by atoms with E-state index in [1.54, 1.807) is 0 Å². The van der Waals surface area contributed by atoms with Crippen LogP contribution in [0.15, 0.2) is 24.3 Å². The Kier molecular flexibility index (Phi) is 4.97. The highest BCUT2D eigenvalue weighted by Crippen LogP contribution is 2.29. The summed E-state index contributed by atoms with van der Waals surface area (Å²) >= 11 is 0. The van der Waals surface area contributed by atoms with Crippen molar-refractivity contribution in [1.82, 2.24) is 25.9 Å². The predicted octanol–water partition coefficient (Wildman–Crippen LogP) is 1.86. The van der Waals surface area contributed by atoms with Gasteiger partial charge >= 0.3 is 0 Å². The first-order valence-corrected chi connectivity index (χ1v) is 8.00. The molecule has 0 saturated carbocycles. The Morgan fingerprint density at radius 1 is 1.48 bits per heavy atom. The maximum Gasteiger partial charge on any atom is 0.223 e. The first-order chi connectivity index (χ1) is 11.3. The average Bonchev–Trinajstić information content (AvgIpc) is 3.09. The zero-order chi connectivity index (χ0) is 16.1. The lowest BCUT2D eigenvalue weighted by Crippen LogP contribution is -2.31. The van der Waals surface area contributed by atoms with E-state index in [2.05, 4.69) is 38.9 Å². The first-order valence-electron chi connectivity index (χ1n) is 8.00. The summed E-state index contributed by atoms with van der Waals surface area (Å²) in [5.74, 6) is 0.458. The number of amides is 1. The van der Waals surface area contributed by atoms with Gasteiger partial charge in [0.2, 0.25) is 5.91 Å². The number of carbonyl (C=O) groups excluding carboxylic acids is 1. The molecular formula is C16H21N5O2. The summed E-state index contributed by atoms with van der Waals surface area (Å²) in [5, 5.41) is 16.9. The molecule has 0 aliphatic carbocycles. The highest BCUT2D eigenvalue weighted by molar-refractivity contribution is 5.77. The second kappa shape index (κ2) is 7.32. The number of tetrazole rings is 1. The van der Waals surface area contributed by atoms with Gasteiger partial charge in [0.1, 0.15) is 0 Å². The number of hydrogen-bond acceptors (Lipinski definition) is 5. The minimum absolute atomic E-state index is 0.0602. The van der Waals surface area contributed by atoms with E-state index in [9.17, 15) is 4.79 Å². The van der Waals surface area contributed by atoms with Crippen molar-refractivity contribution < 1.29 is 9.53 Å². The molecule has 1 aliphatic heterocycles. The Morgan fingerprint density at radius 3 is 3.13 bits per heavy atom. The Hall–Kier alpha value is -2.28. The van der Waals surface area contributed by atoms with Crippen LogP contribution in [0, 0.1) is 0 Å². The van der Waals surface area contributed by atoms with Gasteiger partial charge in [0.05, 0.1) is 25.2 Å². The molecule has 7 nitrogen and oxygen atoms in total. The minimum atomic E-state index is -0.218. The number of carbonyl (C=O) groups is 1. The smallest absolute Gasteiger partial charge is 0.223 e. The van der Waals surface area contributed by atoms with E-state index >= 15 is 0 Å². The molecule has 0 bridgehead atoms. The van der Waals surface area contributed by atoms with Crippen molar-refractivity contribution in [3.05, 3.63) is 41.2 Å². The molecule has 2 atom stereocenters. The zero-order valence-corrected chi connectivity index (χ0v) is 13.2. The second-order valence-electron chi connectivity index (χ2n) is 5.69. The fraction of sp³-hybridized carbons (Fsp3) is 0.500. The van der Waals surface area contributed by atoms with E-state index in [1.807, 2.05) is 18.2 Å². The number of rotatable bonds is 6. The molecule has 0 radical (unpaired) electrons. The van der Waals surface area contributed by atoms with E-state index in [-0.39, 0.29) is 18.1 Å². The summed E-state index contributed by atoms with van der Waals surface area (Å²) in [4.78, 5) is 12.4. The van der Waals surface area contributed by atoms with Gasteiger partial charge in [0.25, 0.3) is 0 Å². The molecule has 2 N–H and O–H groups in total. The molecule has 0 fully saturated rings. The summed E-state index contributed by atoms with van der Waals surface area (Å²) in [6.07, 6.45) is 2.70. The summed E-state index contributed by atoms with van der Waals surface area (Å²) in [7, 11) is 0. The lowest BCUT2D eigenvalue weighted by atomic mass is 9.95. The quantitative estimate of drug-likeness (QED) is 0.849. The molecule has 0 saturated heterocycles. The Labute approximate surface area is 134 Å². The van der Waals surface area contributed by atoms with Crippen molar-refractivity contribution in [2.24, 2.45) is 0 Å². The lowest BCUT2D eigenvalue weighted by molar-refractivity contribution is -0.125. The van der Waals surface area contributed by atoms with Crippen LogP contribution in [-0.4, -0.2) is 33.1 Å². The van der Waals surface area contributed by atoms with Crippen molar-refractivity contribution in [2.75, 3.05) is 6.61 Å². The average molecular weight is 315 g/mol. The molecular weight excluding hydrogens is 294 g/mol. The predicted molar refractivity (Wildman–Crippen MR) is 83.4 cm³/mol. The fourth-order valence-electron chi connectivity index (χ4n) is 2.94. The zero-order valence-electron chi connectivity index (χ0n) is 13.2. The van der Waals surface area contributed by atoms with E-state index in [0.29, 0.717) is 18.9 Å². The van der Waals surface area contributed by atoms with Crippen LogP contribution in [-0.2, 0) is 16.0 Å². The van der Waals surface area contributed by atoms with Crippen molar-refractivity contribution >= 4 is 5.91 Å². The minimum Gasteiger partial charge on any atom is -0.373 e. The summed E-state index contributed by atoms with van der Waals surface area (Å²) < 4.78 is 5.80. The van der Waals surface area contributed by atoms with Crippen molar-refractivity contribution in [3.63, 3.8) is 0 Å². The number of nitrogens with zero attached hydrogens (tertiary/aromatic N) is 3. The van der Waals surface area contributed by atoms with Crippen LogP contribution in [0.5, 0.6) is 0 Å². The number of ether oxygens (including phenoxy) is 1. The van der Waals surface area contributed by atoms with E-state index in [4.69, 9.17) is 4.74 Å². The Balaban J connectivity index is 1.65. The van der Waals surface area contributed by atoms with Crippen molar-refractivity contribution in [1.29, 1.82) is 0 Å². The largest absolute Gasteiger partial charge is 0.373 e. The number of fused-ring (bicyclic) bond motifs is 1. The molecule has 1 aromatic heterocycles. The number of H-pyrrole nitrogens is 1. The first kappa shape index (κ1) is 15.6. The second-order valence-corrected chi connectivity index (χ2v) is 5.69. The van der Waals surface area contributed by atoms with Gasteiger partial charge in [0.15, 0.2) is 5.82 Å². The topological polar surface area (TPSA) is 92.8 Å². The molecule has 1 aromatic carbocycles. The third-order valence-electron chi connectivity index (χ3n) is 4.05.